The van der Waals surface area contributed by atoms with E-state index in [1.165, 1.54) is 18.4 Å². The SMILES string of the molecule is CCCNC1CC(OC2=CCC=CC(CCC)=C2)C1. The summed E-state index contributed by atoms with van der Waals surface area (Å²) >= 11 is 0. The van der Waals surface area contributed by atoms with Gasteiger partial charge in [-0.3, -0.25) is 0 Å². The number of nitrogens with one attached hydrogen (secondary N) is 1. The lowest BCUT2D eigenvalue weighted by molar-refractivity contribution is 0.0329. The second-order valence-corrected chi connectivity index (χ2v) is 5.58. The lowest BCUT2D eigenvalue weighted by Crippen LogP contribution is -2.45. The Bertz CT molecular complexity index is 361. The Morgan fingerprint density at radius 3 is 2.84 bits per heavy atom. The molecule has 106 valence electrons. The van der Waals surface area contributed by atoms with E-state index in [-0.39, 0.29) is 0 Å². The van der Waals surface area contributed by atoms with Crippen LogP contribution < -0.4 is 5.32 Å². The van der Waals surface area contributed by atoms with E-state index in [9.17, 15) is 0 Å². The summed E-state index contributed by atoms with van der Waals surface area (Å²) in [6.07, 6.45) is 16.1. The molecular formula is C17H27NO. The fourth-order valence-corrected chi connectivity index (χ4v) is 2.59. The molecule has 0 atom stereocenters. The third-order valence-electron chi connectivity index (χ3n) is 3.73. The van der Waals surface area contributed by atoms with Crippen LogP contribution in [0.15, 0.2) is 35.6 Å². The minimum atomic E-state index is 0.415. The molecule has 1 N–H and O–H groups in total. The first kappa shape index (κ1) is 14.4. The minimum Gasteiger partial charge on any atom is -0.491 e. The fraction of sp³-hybridized carbons (Fsp3) is 0.647. The molecule has 0 saturated heterocycles. The Labute approximate surface area is 117 Å². The molecule has 19 heavy (non-hydrogen) atoms. The predicted molar refractivity (Wildman–Crippen MR) is 81.0 cm³/mol. The fourth-order valence-electron chi connectivity index (χ4n) is 2.59. The minimum absolute atomic E-state index is 0.415. The summed E-state index contributed by atoms with van der Waals surface area (Å²) in [5.74, 6) is 1.08. The molecule has 1 fully saturated rings. The van der Waals surface area contributed by atoms with Crippen molar-refractivity contribution in [3.63, 3.8) is 0 Å². The van der Waals surface area contributed by atoms with Crippen LogP contribution in [-0.2, 0) is 4.74 Å². The van der Waals surface area contributed by atoms with Crippen molar-refractivity contribution in [2.75, 3.05) is 6.54 Å². The van der Waals surface area contributed by atoms with E-state index in [1.807, 2.05) is 0 Å². The molecule has 0 radical (unpaired) electrons. The van der Waals surface area contributed by atoms with E-state index in [0.717, 1.165) is 38.0 Å². The summed E-state index contributed by atoms with van der Waals surface area (Å²) in [6, 6.07) is 0.675. The van der Waals surface area contributed by atoms with E-state index in [1.54, 1.807) is 0 Å². The van der Waals surface area contributed by atoms with Crippen LogP contribution in [-0.4, -0.2) is 18.7 Å². The monoisotopic (exact) mass is 261 g/mol. The molecule has 2 aliphatic carbocycles. The first-order valence-electron chi connectivity index (χ1n) is 7.79. The first-order valence-corrected chi connectivity index (χ1v) is 7.79. The van der Waals surface area contributed by atoms with E-state index < -0.39 is 0 Å². The normalized spacial score (nSPS) is 26.2. The zero-order valence-electron chi connectivity index (χ0n) is 12.3. The molecular weight excluding hydrogens is 234 g/mol. The maximum Gasteiger partial charge on any atom is 0.116 e. The largest absolute Gasteiger partial charge is 0.491 e. The predicted octanol–water partition coefficient (Wildman–Crippen LogP) is 4.10. The van der Waals surface area contributed by atoms with E-state index >= 15 is 0 Å². The van der Waals surface area contributed by atoms with Gasteiger partial charge in [-0.25, -0.2) is 0 Å². The first-order chi connectivity index (χ1) is 9.31. The quantitative estimate of drug-likeness (QED) is 0.745. The number of ether oxygens (including phenoxy) is 1. The lowest BCUT2D eigenvalue weighted by Gasteiger charge is -2.36. The van der Waals surface area contributed by atoms with Crippen molar-refractivity contribution in [1.29, 1.82) is 0 Å². The van der Waals surface area contributed by atoms with Gasteiger partial charge in [0.25, 0.3) is 0 Å². The number of allylic oxidation sites excluding steroid dienone is 5. The molecule has 0 aromatic rings. The Morgan fingerprint density at radius 1 is 1.26 bits per heavy atom. The highest BCUT2D eigenvalue weighted by atomic mass is 16.5. The van der Waals surface area contributed by atoms with Gasteiger partial charge in [-0.15, -0.1) is 0 Å². The third kappa shape index (κ3) is 4.54. The average Bonchev–Trinajstić information content (AvgIpc) is 2.58. The van der Waals surface area contributed by atoms with Gasteiger partial charge in [0.1, 0.15) is 11.9 Å². The zero-order chi connectivity index (χ0) is 13.5. The molecule has 0 bridgehead atoms. The van der Waals surface area contributed by atoms with Crippen LogP contribution in [0, 0.1) is 0 Å². The van der Waals surface area contributed by atoms with Crippen LogP contribution in [0.4, 0.5) is 0 Å². The molecule has 2 aliphatic rings. The molecule has 0 spiro atoms. The van der Waals surface area contributed by atoms with E-state index in [2.05, 4.69) is 43.5 Å². The summed E-state index contributed by atoms with van der Waals surface area (Å²) in [6.45, 7) is 5.56. The van der Waals surface area contributed by atoms with Crippen LogP contribution in [0.3, 0.4) is 0 Å². The van der Waals surface area contributed by atoms with Gasteiger partial charge in [0, 0.05) is 6.04 Å². The summed E-state index contributed by atoms with van der Waals surface area (Å²) in [4.78, 5) is 0. The molecule has 2 heteroatoms. The molecule has 0 aliphatic heterocycles. The van der Waals surface area contributed by atoms with Gasteiger partial charge in [-0.2, -0.15) is 0 Å². The van der Waals surface area contributed by atoms with Gasteiger partial charge in [0.15, 0.2) is 0 Å². The van der Waals surface area contributed by atoms with Gasteiger partial charge < -0.3 is 10.1 Å². The average molecular weight is 261 g/mol. The van der Waals surface area contributed by atoms with Crippen LogP contribution in [0.1, 0.15) is 52.4 Å². The summed E-state index contributed by atoms with van der Waals surface area (Å²) in [5.41, 5.74) is 1.39. The Balaban J connectivity index is 1.77. The van der Waals surface area contributed by atoms with Crippen molar-refractivity contribution in [2.45, 2.75) is 64.5 Å². The van der Waals surface area contributed by atoms with Gasteiger partial charge >= 0.3 is 0 Å². The Hall–Kier alpha value is -1.02. The van der Waals surface area contributed by atoms with Crippen LogP contribution in [0.25, 0.3) is 0 Å². The number of hydrogen-bond donors (Lipinski definition) is 1. The van der Waals surface area contributed by atoms with Crippen molar-refractivity contribution in [3.05, 3.63) is 35.6 Å². The maximum absolute atomic E-state index is 6.10. The maximum atomic E-state index is 6.10. The molecule has 0 aromatic heterocycles. The van der Waals surface area contributed by atoms with Crippen molar-refractivity contribution in [1.82, 2.24) is 5.32 Å². The van der Waals surface area contributed by atoms with Crippen LogP contribution >= 0.6 is 0 Å². The van der Waals surface area contributed by atoms with Gasteiger partial charge in [0.2, 0.25) is 0 Å². The topological polar surface area (TPSA) is 21.3 Å². The highest BCUT2D eigenvalue weighted by Gasteiger charge is 2.30. The van der Waals surface area contributed by atoms with Crippen molar-refractivity contribution in [3.8, 4) is 0 Å². The highest BCUT2D eigenvalue weighted by Crippen LogP contribution is 2.27. The molecule has 0 aromatic carbocycles. The van der Waals surface area contributed by atoms with Gasteiger partial charge in [0.05, 0.1) is 0 Å². The zero-order valence-corrected chi connectivity index (χ0v) is 12.3. The van der Waals surface area contributed by atoms with Crippen LogP contribution in [0.5, 0.6) is 0 Å². The Kier molecular flexibility index (Phi) is 5.71. The molecule has 1 saturated carbocycles. The third-order valence-corrected chi connectivity index (χ3v) is 3.73. The van der Waals surface area contributed by atoms with E-state index in [4.69, 9.17) is 4.74 Å². The highest BCUT2D eigenvalue weighted by molar-refractivity contribution is 5.31. The van der Waals surface area contributed by atoms with Gasteiger partial charge in [-0.05, 0) is 56.4 Å². The summed E-state index contributed by atoms with van der Waals surface area (Å²) < 4.78 is 6.10. The van der Waals surface area contributed by atoms with Gasteiger partial charge in [-0.1, -0.05) is 32.4 Å². The second kappa shape index (κ2) is 7.54. The molecule has 0 unspecified atom stereocenters. The van der Waals surface area contributed by atoms with Crippen molar-refractivity contribution < 1.29 is 4.74 Å². The standard InChI is InChI=1S/C17H27NO/c1-3-7-14-8-5-6-9-16(11-14)19-17-12-15(13-17)18-10-4-2/h5,8-9,11,15,17-18H,3-4,6-7,10,12-13H2,1-2H3. The van der Waals surface area contributed by atoms with Crippen molar-refractivity contribution >= 4 is 0 Å². The second-order valence-electron chi connectivity index (χ2n) is 5.58. The summed E-state index contributed by atoms with van der Waals surface area (Å²) in [7, 11) is 0. The smallest absolute Gasteiger partial charge is 0.116 e. The number of rotatable bonds is 7. The molecule has 2 nitrogen and oxygen atoms in total. The lowest BCUT2D eigenvalue weighted by atomic mass is 9.89. The van der Waals surface area contributed by atoms with Crippen LogP contribution in [0.2, 0.25) is 0 Å². The molecule has 0 heterocycles. The number of hydrogen-bond acceptors (Lipinski definition) is 2. The Morgan fingerprint density at radius 2 is 2.11 bits per heavy atom. The molecule has 2 rings (SSSR count). The van der Waals surface area contributed by atoms with Crippen molar-refractivity contribution in [2.24, 2.45) is 0 Å². The molecule has 0 amide bonds. The summed E-state index contributed by atoms with van der Waals surface area (Å²) in [5, 5.41) is 3.55. The van der Waals surface area contributed by atoms with E-state index in [0.29, 0.717) is 12.1 Å².